The second kappa shape index (κ2) is 7.34. The van der Waals surface area contributed by atoms with E-state index in [1.807, 2.05) is 6.07 Å². The van der Waals surface area contributed by atoms with Gasteiger partial charge < -0.3 is 9.47 Å². The zero-order valence-electron chi connectivity index (χ0n) is 15.8. The molecule has 4 nitrogen and oxygen atoms in total. The van der Waals surface area contributed by atoms with E-state index in [0.717, 1.165) is 24.6 Å². The fourth-order valence-corrected chi connectivity index (χ4v) is 4.28. The predicted octanol–water partition coefficient (Wildman–Crippen LogP) is 4.79. The molecule has 1 aromatic carbocycles. The van der Waals surface area contributed by atoms with Crippen molar-refractivity contribution in [3.8, 4) is 11.5 Å². The number of aromatic nitrogens is 1. The van der Waals surface area contributed by atoms with Crippen LogP contribution in [0, 0.1) is 0 Å². The summed E-state index contributed by atoms with van der Waals surface area (Å²) in [7, 11) is 3.37. The van der Waals surface area contributed by atoms with E-state index in [4.69, 9.17) is 14.5 Å². The molecule has 25 heavy (non-hydrogen) atoms. The highest BCUT2D eigenvalue weighted by Gasteiger charge is 2.28. The van der Waals surface area contributed by atoms with E-state index in [2.05, 4.69) is 43.2 Å². The molecule has 2 aromatic rings. The van der Waals surface area contributed by atoms with Gasteiger partial charge in [-0.3, -0.25) is 4.90 Å². The van der Waals surface area contributed by atoms with Crippen LogP contribution in [-0.2, 0) is 12.0 Å². The topological polar surface area (TPSA) is 34.6 Å². The van der Waals surface area contributed by atoms with Crippen molar-refractivity contribution in [2.45, 2.75) is 51.6 Å². The highest BCUT2D eigenvalue weighted by Crippen LogP contribution is 2.38. The minimum Gasteiger partial charge on any atom is -0.493 e. The van der Waals surface area contributed by atoms with Crippen LogP contribution in [0.25, 0.3) is 0 Å². The molecule has 0 bridgehead atoms. The van der Waals surface area contributed by atoms with Gasteiger partial charge in [0.2, 0.25) is 0 Å². The smallest absolute Gasteiger partial charge is 0.161 e. The van der Waals surface area contributed by atoms with Gasteiger partial charge in [-0.15, -0.1) is 11.3 Å². The fraction of sp³-hybridized carbons (Fsp3) is 0.550. The van der Waals surface area contributed by atoms with Crippen molar-refractivity contribution in [3.05, 3.63) is 39.8 Å². The largest absolute Gasteiger partial charge is 0.493 e. The van der Waals surface area contributed by atoms with E-state index in [1.54, 1.807) is 25.6 Å². The van der Waals surface area contributed by atoms with Crippen molar-refractivity contribution in [2.75, 3.05) is 20.8 Å². The van der Waals surface area contributed by atoms with Crippen LogP contribution in [0.3, 0.4) is 0 Å². The van der Waals surface area contributed by atoms with Crippen molar-refractivity contribution in [2.24, 2.45) is 0 Å². The van der Waals surface area contributed by atoms with Crippen LogP contribution in [-0.4, -0.2) is 30.6 Å². The minimum absolute atomic E-state index is 0.122. The highest BCUT2D eigenvalue weighted by molar-refractivity contribution is 7.09. The van der Waals surface area contributed by atoms with Gasteiger partial charge in [-0.1, -0.05) is 26.8 Å². The van der Waals surface area contributed by atoms with Gasteiger partial charge in [0.15, 0.2) is 11.5 Å². The van der Waals surface area contributed by atoms with E-state index >= 15 is 0 Å². The molecular weight excluding hydrogens is 332 g/mol. The molecule has 2 heterocycles. The fourth-order valence-electron chi connectivity index (χ4n) is 3.39. The maximum absolute atomic E-state index is 5.48. The van der Waals surface area contributed by atoms with E-state index < -0.39 is 0 Å². The standard InChI is InChI=1S/C20H28N2O2S/c1-20(2,3)19-21-15(13-25-19)12-22-10-6-7-16(22)14-8-9-17(23-4)18(11-14)24-5/h8-9,11,13,16H,6-7,10,12H2,1-5H3/t16-/m0/s1. The summed E-state index contributed by atoms with van der Waals surface area (Å²) >= 11 is 1.77. The van der Waals surface area contributed by atoms with Crippen molar-refractivity contribution in [3.63, 3.8) is 0 Å². The first-order chi connectivity index (χ1) is 11.9. The van der Waals surface area contributed by atoms with Gasteiger partial charge in [0.1, 0.15) is 0 Å². The quantitative estimate of drug-likeness (QED) is 0.767. The zero-order chi connectivity index (χ0) is 18.0. The number of benzene rings is 1. The van der Waals surface area contributed by atoms with Crippen molar-refractivity contribution in [1.82, 2.24) is 9.88 Å². The first-order valence-corrected chi connectivity index (χ1v) is 9.71. The SMILES string of the molecule is COc1ccc([C@@H]2CCCN2Cc2csc(C(C)(C)C)n2)cc1OC. The van der Waals surface area contributed by atoms with Crippen molar-refractivity contribution < 1.29 is 9.47 Å². The molecule has 1 aliphatic rings. The second-order valence-electron chi connectivity index (χ2n) is 7.64. The van der Waals surface area contributed by atoms with Gasteiger partial charge >= 0.3 is 0 Å². The number of rotatable bonds is 5. The van der Waals surface area contributed by atoms with Crippen LogP contribution in [0.1, 0.15) is 55.9 Å². The number of likely N-dealkylation sites (tertiary alicyclic amines) is 1. The van der Waals surface area contributed by atoms with E-state index in [9.17, 15) is 0 Å². The lowest BCUT2D eigenvalue weighted by atomic mass is 9.98. The van der Waals surface area contributed by atoms with Crippen LogP contribution < -0.4 is 9.47 Å². The van der Waals surface area contributed by atoms with Gasteiger partial charge in [0, 0.05) is 23.4 Å². The van der Waals surface area contributed by atoms with Crippen LogP contribution in [0.15, 0.2) is 23.6 Å². The minimum atomic E-state index is 0.122. The summed E-state index contributed by atoms with van der Waals surface area (Å²) in [5, 5.41) is 3.43. The summed E-state index contributed by atoms with van der Waals surface area (Å²) in [6, 6.07) is 6.69. The Labute approximate surface area is 154 Å². The average molecular weight is 361 g/mol. The summed E-state index contributed by atoms with van der Waals surface area (Å²) in [6.07, 6.45) is 2.39. The Bertz CT molecular complexity index is 721. The lowest BCUT2D eigenvalue weighted by Crippen LogP contribution is -2.23. The summed E-state index contributed by atoms with van der Waals surface area (Å²) in [5.41, 5.74) is 2.60. The summed E-state index contributed by atoms with van der Waals surface area (Å²) in [5.74, 6) is 1.58. The first-order valence-electron chi connectivity index (χ1n) is 8.83. The molecule has 1 aliphatic heterocycles. The average Bonchev–Trinajstić information content (AvgIpc) is 3.23. The molecule has 0 unspecified atom stereocenters. The van der Waals surface area contributed by atoms with Crippen LogP contribution in [0.2, 0.25) is 0 Å². The molecule has 1 atom stereocenters. The van der Waals surface area contributed by atoms with Crippen molar-refractivity contribution >= 4 is 11.3 Å². The van der Waals surface area contributed by atoms with Gasteiger partial charge in [-0.2, -0.15) is 0 Å². The molecule has 0 aliphatic carbocycles. The molecule has 1 saturated heterocycles. The number of methoxy groups -OCH3 is 2. The second-order valence-corrected chi connectivity index (χ2v) is 8.50. The molecule has 5 heteroatoms. The van der Waals surface area contributed by atoms with Crippen LogP contribution >= 0.6 is 11.3 Å². The first kappa shape index (κ1) is 18.2. The Morgan fingerprint density at radius 3 is 2.60 bits per heavy atom. The van der Waals surface area contributed by atoms with E-state index in [0.29, 0.717) is 6.04 Å². The Morgan fingerprint density at radius 2 is 1.96 bits per heavy atom. The van der Waals surface area contributed by atoms with Gasteiger partial charge in [-0.25, -0.2) is 4.98 Å². The third-order valence-corrected chi connectivity index (χ3v) is 6.03. The molecule has 0 spiro atoms. The number of thiazole rings is 1. The number of ether oxygens (including phenoxy) is 2. The Morgan fingerprint density at radius 1 is 1.20 bits per heavy atom. The normalized spacial score (nSPS) is 18.5. The lowest BCUT2D eigenvalue weighted by Gasteiger charge is -2.25. The molecule has 0 radical (unpaired) electrons. The molecular formula is C20H28N2O2S. The van der Waals surface area contributed by atoms with Crippen LogP contribution in [0.4, 0.5) is 0 Å². The highest BCUT2D eigenvalue weighted by atomic mass is 32.1. The summed E-state index contributed by atoms with van der Waals surface area (Å²) < 4.78 is 10.8. The predicted molar refractivity (Wildman–Crippen MR) is 103 cm³/mol. The Balaban J connectivity index is 1.78. The van der Waals surface area contributed by atoms with Crippen molar-refractivity contribution in [1.29, 1.82) is 0 Å². The number of nitrogens with zero attached hydrogens (tertiary/aromatic N) is 2. The third-order valence-electron chi connectivity index (χ3n) is 4.71. The molecule has 0 amide bonds. The Hall–Kier alpha value is -1.59. The molecule has 0 N–H and O–H groups in total. The Kier molecular flexibility index (Phi) is 5.35. The summed E-state index contributed by atoms with van der Waals surface area (Å²) in [6.45, 7) is 8.68. The zero-order valence-corrected chi connectivity index (χ0v) is 16.7. The molecule has 3 rings (SSSR count). The van der Waals surface area contributed by atoms with E-state index in [1.165, 1.54) is 29.1 Å². The van der Waals surface area contributed by atoms with E-state index in [-0.39, 0.29) is 5.41 Å². The van der Waals surface area contributed by atoms with Gasteiger partial charge in [-0.05, 0) is 37.1 Å². The molecule has 136 valence electrons. The maximum atomic E-state index is 5.48. The number of hydrogen-bond donors (Lipinski definition) is 0. The van der Waals surface area contributed by atoms with Gasteiger partial charge in [0.25, 0.3) is 0 Å². The maximum Gasteiger partial charge on any atom is 0.161 e. The molecule has 1 fully saturated rings. The third kappa shape index (κ3) is 3.98. The van der Waals surface area contributed by atoms with Crippen LogP contribution in [0.5, 0.6) is 11.5 Å². The summed E-state index contributed by atoms with van der Waals surface area (Å²) in [4.78, 5) is 7.40. The molecule has 0 saturated carbocycles. The lowest BCUT2D eigenvalue weighted by molar-refractivity contribution is 0.245. The van der Waals surface area contributed by atoms with Gasteiger partial charge in [0.05, 0.1) is 24.9 Å². The monoisotopic (exact) mass is 360 g/mol. The number of hydrogen-bond acceptors (Lipinski definition) is 5. The molecule has 1 aromatic heterocycles.